The third kappa shape index (κ3) is 1.61. The Labute approximate surface area is 111 Å². The van der Waals surface area contributed by atoms with Crippen molar-refractivity contribution >= 4 is 17.4 Å². The van der Waals surface area contributed by atoms with Gasteiger partial charge in [0.25, 0.3) is 5.91 Å². The molecule has 1 fully saturated rings. The molecule has 1 aliphatic carbocycles. The molecule has 5 heteroatoms. The fourth-order valence-corrected chi connectivity index (χ4v) is 2.72. The van der Waals surface area contributed by atoms with Crippen molar-refractivity contribution in [3.05, 3.63) is 23.8 Å². The van der Waals surface area contributed by atoms with Gasteiger partial charge >= 0.3 is 0 Å². The number of hydrogen-bond donors (Lipinski definition) is 1. The highest BCUT2D eigenvalue weighted by Gasteiger charge is 2.35. The van der Waals surface area contributed by atoms with Gasteiger partial charge in [0, 0.05) is 0 Å². The van der Waals surface area contributed by atoms with E-state index in [0.29, 0.717) is 12.5 Å². The molecule has 2 heterocycles. The molecule has 1 aromatic carbocycles. The second-order valence-corrected chi connectivity index (χ2v) is 5.34. The first-order valence-corrected chi connectivity index (χ1v) is 6.66. The Morgan fingerprint density at radius 2 is 2.26 bits per heavy atom. The average molecular weight is 257 g/mol. The molecule has 2 aliphatic heterocycles. The summed E-state index contributed by atoms with van der Waals surface area (Å²) in [6.45, 7) is 2.29. The number of nitrogens with zero attached hydrogens (tertiary/aromatic N) is 2. The van der Waals surface area contributed by atoms with Crippen LogP contribution in [0.4, 0.5) is 5.69 Å². The minimum absolute atomic E-state index is 0.0807. The number of nitrogens with one attached hydrogen (secondary N) is 1. The Kier molecular flexibility index (Phi) is 2.13. The zero-order valence-electron chi connectivity index (χ0n) is 10.7. The van der Waals surface area contributed by atoms with E-state index < -0.39 is 0 Å². The first-order valence-electron chi connectivity index (χ1n) is 6.66. The number of fused-ring (bicyclic) bond motifs is 3. The molecule has 4 rings (SSSR count). The Hall–Kier alpha value is -2.04. The van der Waals surface area contributed by atoms with Gasteiger partial charge in [0.05, 0.1) is 5.69 Å². The summed E-state index contributed by atoms with van der Waals surface area (Å²) in [6, 6.07) is 6.06. The summed E-state index contributed by atoms with van der Waals surface area (Å²) >= 11 is 0. The zero-order valence-corrected chi connectivity index (χ0v) is 10.7. The van der Waals surface area contributed by atoms with Crippen molar-refractivity contribution in [2.75, 3.05) is 11.5 Å². The predicted octanol–water partition coefficient (Wildman–Crippen LogP) is 1.59. The standard InChI is InChI=1S/C14H15N3O2/c1-8-14(18)16-15-13-7-19-12-6-10(9-2-3-9)4-5-11(12)17(8)13/h4-6,8-9H,2-3,7H2,1H3,(H,16,18). The van der Waals surface area contributed by atoms with Crippen molar-refractivity contribution in [2.24, 2.45) is 5.10 Å². The predicted molar refractivity (Wildman–Crippen MR) is 71.4 cm³/mol. The second kappa shape index (κ2) is 3.73. The number of hydrogen-bond acceptors (Lipinski definition) is 4. The Morgan fingerprint density at radius 1 is 1.42 bits per heavy atom. The van der Waals surface area contributed by atoms with Gasteiger partial charge in [0.1, 0.15) is 18.4 Å². The summed E-state index contributed by atoms with van der Waals surface area (Å²) in [5.74, 6) is 2.25. The molecule has 1 amide bonds. The Morgan fingerprint density at radius 3 is 3.05 bits per heavy atom. The smallest absolute Gasteiger partial charge is 0.262 e. The van der Waals surface area contributed by atoms with Crippen molar-refractivity contribution < 1.29 is 9.53 Å². The third-order valence-electron chi connectivity index (χ3n) is 3.99. The van der Waals surface area contributed by atoms with Crippen LogP contribution in [0.1, 0.15) is 31.2 Å². The lowest BCUT2D eigenvalue weighted by atomic mass is 10.1. The van der Waals surface area contributed by atoms with Crippen LogP contribution in [0.3, 0.4) is 0 Å². The van der Waals surface area contributed by atoms with Crippen LogP contribution < -0.4 is 15.1 Å². The molecule has 0 bridgehead atoms. The highest BCUT2D eigenvalue weighted by atomic mass is 16.5. The van der Waals surface area contributed by atoms with E-state index in [1.807, 2.05) is 17.9 Å². The fourth-order valence-electron chi connectivity index (χ4n) is 2.72. The number of ether oxygens (including phenoxy) is 1. The summed E-state index contributed by atoms with van der Waals surface area (Å²) in [5.41, 5.74) is 4.81. The monoisotopic (exact) mass is 257 g/mol. The molecule has 1 atom stereocenters. The van der Waals surface area contributed by atoms with E-state index in [0.717, 1.165) is 17.3 Å². The molecule has 1 saturated carbocycles. The number of hydrazone groups is 1. The summed E-state index contributed by atoms with van der Waals surface area (Å²) in [5, 5.41) is 4.07. The van der Waals surface area contributed by atoms with Crippen LogP contribution in [0.25, 0.3) is 0 Å². The van der Waals surface area contributed by atoms with Gasteiger partial charge in [-0.05, 0) is 43.4 Å². The topological polar surface area (TPSA) is 53.9 Å². The molecule has 1 unspecified atom stereocenters. The van der Waals surface area contributed by atoms with E-state index in [2.05, 4.69) is 22.7 Å². The molecule has 0 aromatic heterocycles. The molecular formula is C14H15N3O2. The van der Waals surface area contributed by atoms with Crippen LogP contribution in [0.5, 0.6) is 5.75 Å². The molecule has 19 heavy (non-hydrogen) atoms. The van der Waals surface area contributed by atoms with Crippen LogP contribution in [0, 0.1) is 0 Å². The lowest BCUT2D eigenvalue weighted by Crippen LogP contribution is -2.55. The molecule has 98 valence electrons. The number of amidine groups is 1. The van der Waals surface area contributed by atoms with Gasteiger partial charge in [-0.2, -0.15) is 5.10 Å². The highest BCUT2D eigenvalue weighted by molar-refractivity contribution is 6.09. The second-order valence-electron chi connectivity index (χ2n) is 5.34. The van der Waals surface area contributed by atoms with Crippen LogP contribution >= 0.6 is 0 Å². The van der Waals surface area contributed by atoms with E-state index in [1.54, 1.807) is 0 Å². The van der Waals surface area contributed by atoms with Crippen LogP contribution in [-0.4, -0.2) is 24.4 Å². The molecule has 1 N–H and O–H groups in total. The Bertz CT molecular complexity index is 592. The van der Waals surface area contributed by atoms with Gasteiger partial charge in [0.15, 0.2) is 5.84 Å². The number of rotatable bonds is 1. The van der Waals surface area contributed by atoms with Gasteiger partial charge < -0.3 is 9.64 Å². The van der Waals surface area contributed by atoms with Crippen molar-refractivity contribution in [1.82, 2.24) is 5.43 Å². The number of amides is 1. The number of anilines is 1. The van der Waals surface area contributed by atoms with E-state index in [1.165, 1.54) is 18.4 Å². The molecular weight excluding hydrogens is 242 g/mol. The maximum atomic E-state index is 11.7. The van der Waals surface area contributed by atoms with Gasteiger partial charge in [-0.15, -0.1) is 0 Å². The quantitative estimate of drug-likeness (QED) is 0.831. The summed E-state index contributed by atoms with van der Waals surface area (Å²) in [6.07, 6.45) is 2.54. The van der Waals surface area contributed by atoms with Gasteiger partial charge in [0.2, 0.25) is 0 Å². The maximum Gasteiger partial charge on any atom is 0.262 e. The molecule has 0 saturated heterocycles. The van der Waals surface area contributed by atoms with Crippen molar-refractivity contribution in [2.45, 2.75) is 31.7 Å². The summed E-state index contributed by atoms with van der Waals surface area (Å²) in [7, 11) is 0. The third-order valence-corrected chi connectivity index (χ3v) is 3.99. The van der Waals surface area contributed by atoms with Crippen LogP contribution in [0.2, 0.25) is 0 Å². The Balaban J connectivity index is 1.78. The normalized spacial score (nSPS) is 24.9. The number of benzene rings is 1. The van der Waals surface area contributed by atoms with Gasteiger partial charge in [-0.3, -0.25) is 4.79 Å². The van der Waals surface area contributed by atoms with Crippen molar-refractivity contribution in [3.63, 3.8) is 0 Å². The van der Waals surface area contributed by atoms with E-state index in [9.17, 15) is 4.79 Å². The summed E-state index contributed by atoms with van der Waals surface area (Å²) < 4.78 is 5.77. The molecule has 0 spiro atoms. The maximum absolute atomic E-state index is 11.7. The SMILES string of the molecule is CC1C(=O)NN=C2COc3cc(C4CC4)ccc3N21. The zero-order chi connectivity index (χ0) is 13.0. The molecule has 3 aliphatic rings. The van der Waals surface area contributed by atoms with Crippen molar-refractivity contribution in [1.29, 1.82) is 0 Å². The van der Waals surface area contributed by atoms with E-state index in [4.69, 9.17) is 4.74 Å². The largest absolute Gasteiger partial charge is 0.483 e. The first kappa shape index (κ1) is 10.8. The highest BCUT2D eigenvalue weighted by Crippen LogP contribution is 2.44. The minimum atomic E-state index is -0.248. The molecule has 0 radical (unpaired) electrons. The minimum Gasteiger partial charge on any atom is -0.483 e. The van der Waals surface area contributed by atoms with E-state index >= 15 is 0 Å². The average Bonchev–Trinajstić information content (AvgIpc) is 3.26. The first-order chi connectivity index (χ1) is 9.24. The van der Waals surface area contributed by atoms with Crippen LogP contribution in [-0.2, 0) is 4.79 Å². The van der Waals surface area contributed by atoms with Gasteiger partial charge in [-0.25, -0.2) is 5.43 Å². The number of carbonyl (C=O) groups is 1. The lowest BCUT2D eigenvalue weighted by Gasteiger charge is -2.38. The van der Waals surface area contributed by atoms with Crippen LogP contribution in [0.15, 0.2) is 23.3 Å². The van der Waals surface area contributed by atoms with Crippen molar-refractivity contribution in [3.8, 4) is 5.75 Å². The van der Waals surface area contributed by atoms with E-state index in [-0.39, 0.29) is 11.9 Å². The van der Waals surface area contributed by atoms with Gasteiger partial charge in [-0.1, -0.05) is 6.07 Å². The number of carbonyl (C=O) groups excluding carboxylic acids is 1. The summed E-state index contributed by atoms with van der Waals surface area (Å²) in [4.78, 5) is 13.7. The lowest BCUT2D eigenvalue weighted by molar-refractivity contribution is -0.122. The molecule has 5 nitrogen and oxygen atoms in total. The fraction of sp³-hybridized carbons (Fsp3) is 0.429. The molecule has 1 aromatic rings.